The van der Waals surface area contributed by atoms with Crippen LogP contribution in [0.2, 0.25) is 0 Å². The van der Waals surface area contributed by atoms with Crippen molar-refractivity contribution in [2.24, 2.45) is 0 Å². The van der Waals surface area contributed by atoms with Gasteiger partial charge in [-0.05, 0) is 64.0 Å². The molecule has 0 saturated carbocycles. The van der Waals surface area contributed by atoms with Gasteiger partial charge in [-0.2, -0.15) is 0 Å². The van der Waals surface area contributed by atoms with E-state index in [0.29, 0.717) is 5.56 Å². The maximum absolute atomic E-state index is 12.4. The zero-order valence-electron chi connectivity index (χ0n) is 14.9. The number of hydrogen-bond acceptors (Lipinski definition) is 4. The normalized spacial score (nSPS) is 13.2. The molecular weight excluding hydrogens is 328 g/mol. The van der Waals surface area contributed by atoms with Gasteiger partial charge in [0.05, 0.1) is 10.5 Å². The van der Waals surface area contributed by atoms with Crippen molar-refractivity contribution in [3.05, 3.63) is 29.3 Å². The number of nitrogens with one attached hydrogen (secondary N) is 1. The number of hydrogen-bond donors (Lipinski definition) is 2. The summed E-state index contributed by atoms with van der Waals surface area (Å²) in [6.07, 6.45) is 1.63. The molecule has 1 unspecified atom stereocenters. The SMILES string of the molecule is CCN(CC)CCCC(C)NS(=O)(=O)c1ccc(C)c(C(=O)O)c1. The van der Waals surface area contributed by atoms with E-state index in [9.17, 15) is 13.2 Å². The third kappa shape index (κ3) is 5.89. The fraction of sp³-hybridized carbons (Fsp3) is 0.588. The van der Waals surface area contributed by atoms with Crippen molar-refractivity contribution in [2.75, 3.05) is 19.6 Å². The predicted octanol–water partition coefficient (Wildman–Crippen LogP) is 2.48. The van der Waals surface area contributed by atoms with E-state index in [1.54, 1.807) is 6.92 Å². The summed E-state index contributed by atoms with van der Waals surface area (Å²) in [6, 6.07) is 3.96. The predicted molar refractivity (Wildman–Crippen MR) is 94.9 cm³/mol. The van der Waals surface area contributed by atoms with Gasteiger partial charge in [-0.1, -0.05) is 19.9 Å². The molecule has 6 nitrogen and oxygen atoms in total. The highest BCUT2D eigenvalue weighted by atomic mass is 32.2. The van der Waals surface area contributed by atoms with E-state index in [1.807, 2.05) is 6.92 Å². The fourth-order valence-electron chi connectivity index (χ4n) is 2.55. The van der Waals surface area contributed by atoms with Crippen molar-refractivity contribution in [1.82, 2.24) is 9.62 Å². The number of sulfonamides is 1. The van der Waals surface area contributed by atoms with E-state index in [-0.39, 0.29) is 16.5 Å². The Morgan fingerprint density at radius 1 is 1.29 bits per heavy atom. The molecule has 0 spiro atoms. The van der Waals surface area contributed by atoms with Crippen LogP contribution < -0.4 is 4.72 Å². The summed E-state index contributed by atoms with van der Waals surface area (Å²) < 4.78 is 27.5. The minimum absolute atomic E-state index is 0.00654. The third-order valence-corrected chi connectivity index (χ3v) is 5.70. The molecule has 0 aromatic heterocycles. The van der Waals surface area contributed by atoms with Crippen LogP contribution in [0, 0.1) is 6.92 Å². The highest BCUT2D eigenvalue weighted by molar-refractivity contribution is 7.89. The maximum Gasteiger partial charge on any atom is 0.335 e. The Balaban J connectivity index is 2.72. The summed E-state index contributed by atoms with van der Waals surface area (Å²) in [4.78, 5) is 13.4. The summed E-state index contributed by atoms with van der Waals surface area (Å²) in [5, 5.41) is 9.13. The molecular formula is C17H28N2O4S. The lowest BCUT2D eigenvalue weighted by molar-refractivity contribution is 0.0696. The summed E-state index contributed by atoms with van der Waals surface area (Å²) in [5.41, 5.74) is 0.542. The molecule has 0 radical (unpaired) electrons. The number of carbonyl (C=O) groups is 1. The van der Waals surface area contributed by atoms with Crippen molar-refractivity contribution in [3.63, 3.8) is 0 Å². The van der Waals surface area contributed by atoms with Crippen molar-refractivity contribution < 1.29 is 18.3 Å². The van der Waals surface area contributed by atoms with Crippen LogP contribution >= 0.6 is 0 Å². The van der Waals surface area contributed by atoms with E-state index in [1.165, 1.54) is 18.2 Å². The number of carboxylic acid groups (broad SMARTS) is 1. The molecule has 0 amide bonds. The first-order valence-electron chi connectivity index (χ1n) is 8.29. The standard InChI is InChI=1S/C17H28N2O4S/c1-5-19(6-2)11-7-8-14(4)18-24(22,23)15-10-9-13(3)16(12-15)17(20)21/h9-10,12,14,18H,5-8,11H2,1-4H3,(H,20,21). The van der Waals surface area contributed by atoms with Gasteiger partial charge in [-0.3, -0.25) is 0 Å². The second-order valence-electron chi connectivity index (χ2n) is 5.97. The molecule has 1 rings (SSSR count). The van der Waals surface area contributed by atoms with Crippen molar-refractivity contribution in [3.8, 4) is 0 Å². The lowest BCUT2D eigenvalue weighted by atomic mass is 10.1. The zero-order valence-corrected chi connectivity index (χ0v) is 15.7. The summed E-state index contributed by atoms with van der Waals surface area (Å²) in [6.45, 7) is 10.6. The first kappa shape index (κ1) is 20.6. The average Bonchev–Trinajstić information content (AvgIpc) is 2.51. The topological polar surface area (TPSA) is 86.7 Å². The Morgan fingerprint density at radius 3 is 2.46 bits per heavy atom. The van der Waals surface area contributed by atoms with E-state index in [0.717, 1.165) is 32.5 Å². The highest BCUT2D eigenvalue weighted by Crippen LogP contribution is 2.16. The summed E-state index contributed by atoms with van der Waals surface area (Å²) >= 11 is 0. The number of benzene rings is 1. The van der Waals surface area contributed by atoms with Gasteiger partial charge in [-0.25, -0.2) is 17.9 Å². The van der Waals surface area contributed by atoms with Crippen LogP contribution in [0.3, 0.4) is 0 Å². The smallest absolute Gasteiger partial charge is 0.335 e. The molecule has 1 aromatic rings. The number of rotatable bonds is 10. The van der Waals surface area contributed by atoms with E-state index >= 15 is 0 Å². The highest BCUT2D eigenvalue weighted by Gasteiger charge is 2.20. The van der Waals surface area contributed by atoms with Crippen molar-refractivity contribution in [1.29, 1.82) is 0 Å². The Bertz CT molecular complexity index is 655. The second kappa shape index (κ2) is 9.15. The molecule has 0 aliphatic carbocycles. The molecule has 0 aliphatic heterocycles. The van der Waals surface area contributed by atoms with Gasteiger partial charge >= 0.3 is 5.97 Å². The van der Waals surface area contributed by atoms with Gasteiger partial charge in [0.15, 0.2) is 0 Å². The van der Waals surface area contributed by atoms with E-state index in [2.05, 4.69) is 23.5 Å². The molecule has 0 aliphatic rings. The molecule has 2 N–H and O–H groups in total. The molecule has 7 heteroatoms. The number of aryl methyl sites for hydroxylation is 1. The van der Waals surface area contributed by atoms with E-state index < -0.39 is 16.0 Å². The van der Waals surface area contributed by atoms with Crippen LogP contribution in [-0.4, -0.2) is 50.1 Å². The Labute approximate surface area is 144 Å². The molecule has 0 saturated heterocycles. The first-order chi connectivity index (χ1) is 11.2. The van der Waals surface area contributed by atoms with Crippen molar-refractivity contribution in [2.45, 2.75) is 51.5 Å². The second-order valence-corrected chi connectivity index (χ2v) is 7.69. The lowest BCUT2D eigenvalue weighted by Gasteiger charge is -2.20. The van der Waals surface area contributed by atoms with Crippen LogP contribution in [0.4, 0.5) is 0 Å². The van der Waals surface area contributed by atoms with Gasteiger partial charge in [0.2, 0.25) is 10.0 Å². The van der Waals surface area contributed by atoms with Crippen molar-refractivity contribution >= 4 is 16.0 Å². The van der Waals surface area contributed by atoms with Gasteiger partial charge < -0.3 is 10.0 Å². The summed E-state index contributed by atoms with van der Waals surface area (Å²) in [5.74, 6) is -1.13. The molecule has 0 bridgehead atoms. The molecule has 1 atom stereocenters. The van der Waals surface area contributed by atoms with Crippen LogP contribution in [0.15, 0.2) is 23.1 Å². The quantitative estimate of drug-likeness (QED) is 0.672. The maximum atomic E-state index is 12.4. The Hall–Kier alpha value is -1.44. The minimum Gasteiger partial charge on any atom is -0.478 e. The van der Waals surface area contributed by atoms with Gasteiger partial charge in [-0.15, -0.1) is 0 Å². The van der Waals surface area contributed by atoms with Crippen LogP contribution in [-0.2, 0) is 10.0 Å². The van der Waals surface area contributed by atoms with Crippen LogP contribution in [0.1, 0.15) is 49.5 Å². The lowest BCUT2D eigenvalue weighted by Crippen LogP contribution is -2.33. The van der Waals surface area contributed by atoms with Gasteiger partial charge in [0.1, 0.15) is 0 Å². The number of nitrogens with zero attached hydrogens (tertiary/aromatic N) is 1. The molecule has 1 aromatic carbocycles. The monoisotopic (exact) mass is 356 g/mol. The van der Waals surface area contributed by atoms with Crippen LogP contribution in [0.25, 0.3) is 0 Å². The zero-order chi connectivity index (χ0) is 18.3. The number of carboxylic acids is 1. The molecule has 136 valence electrons. The molecule has 0 heterocycles. The largest absolute Gasteiger partial charge is 0.478 e. The molecule has 0 fully saturated rings. The minimum atomic E-state index is -3.72. The average molecular weight is 356 g/mol. The van der Waals surface area contributed by atoms with Gasteiger partial charge in [0, 0.05) is 6.04 Å². The summed E-state index contributed by atoms with van der Waals surface area (Å²) in [7, 11) is -3.72. The van der Waals surface area contributed by atoms with E-state index in [4.69, 9.17) is 5.11 Å². The Morgan fingerprint density at radius 2 is 1.92 bits per heavy atom. The Kier molecular flexibility index (Phi) is 7.86. The van der Waals surface area contributed by atoms with Gasteiger partial charge in [0.25, 0.3) is 0 Å². The fourth-order valence-corrected chi connectivity index (χ4v) is 3.86. The molecule has 24 heavy (non-hydrogen) atoms. The first-order valence-corrected chi connectivity index (χ1v) is 9.78. The number of aromatic carboxylic acids is 1. The third-order valence-electron chi connectivity index (χ3n) is 4.11. The van der Waals surface area contributed by atoms with Crippen LogP contribution in [0.5, 0.6) is 0 Å².